The molecule has 4 heteroatoms. The average Bonchev–Trinajstić information content (AvgIpc) is 2.10. The Morgan fingerprint density at radius 2 is 2.23 bits per heavy atom. The summed E-state index contributed by atoms with van der Waals surface area (Å²) in [6, 6.07) is 2.76. The van der Waals surface area contributed by atoms with Crippen LogP contribution in [-0.4, -0.2) is 11.7 Å². The monoisotopic (exact) mass is 264 g/mol. The van der Waals surface area contributed by atoms with Crippen LogP contribution in [0.15, 0.2) is 16.6 Å². The van der Waals surface area contributed by atoms with E-state index in [-0.39, 0.29) is 11.4 Å². The zero-order valence-corrected chi connectivity index (χ0v) is 9.25. The van der Waals surface area contributed by atoms with Crippen molar-refractivity contribution in [3.8, 4) is 0 Å². The lowest BCUT2D eigenvalue weighted by Gasteiger charge is -2.03. The first-order chi connectivity index (χ1) is 6.06. The summed E-state index contributed by atoms with van der Waals surface area (Å²) < 4.78 is 13.9. The highest BCUT2D eigenvalue weighted by atomic mass is 79.9. The Morgan fingerprint density at radius 3 is 2.77 bits per heavy atom. The highest BCUT2D eigenvalue weighted by Gasteiger charge is 2.12. The minimum absolute atomic E-state index is 0.0347. The van der Waals surface area contributed by atoms with Gasteiger partial charge >= 0.3 is 0 Å². The van der Waals surface area contributed by atoms with Crippen LogP contribution < -0.4 is 0 Å². The van der Waals surface area contributed by atoms with Gasteiger partial charge in [0.15, 0.2) is 5.78 Å². The summed E-state index contributed by atoms with van der Waals surface area (Å²) in [5.74, 6) is -1.13. The third-order valence-electron chi connectivity index (χ3n) is 1.67. The number of hydrogen-bond acceptors (Lipinski definition) is 1. The molecule has 0 unspecified atom stereocenters. The number of halogens is 3. The largest absolute Gasteiger partial charge is 0.293 e. The first kappa shape index (κ1) is 10.7. The zero-order chi connectivity index (χ0) is 10.0. The van der Waals surface area contributed by atoms with Gasteiger partial charge in [-0.3, -0.25) is 4.79 Å². The molecule has 70 valence electrons. The van der Waals surface area contributed by atoms with E-state index in [9.17, 15) is 9.18 Å². The second-order valence-corrected chi connectivity index (χ2v) is 3.76. The number of rotatable bonds is 2. The molecule has 0 saturated carbocycles. The molecule has 0 radical (unpaired) electrons. The molecule has 0 fully saturated rings. The van der Waals surface area contributed by atoms with Gasteiger partial charge in [0.05, 0.1) is 11.4 Å². The second kappa shape index (κ2) is 4.20. The Kier molecular flexibility index (Phi) is 3.45. The van der Waals surface area contributed by atoms with Crippen molar-refractivity contribution in [2.24, 2.45) is 0 Å². The molecule has 0 saturated heterocycles. The maximum absolute atomic E-state index is 13.2. The van der Waals surface area contributed by atoms with Crippen molar-refractivity contribution in [2.75, 3.05) is 5.88 Å². The van der Waals surface area contributed by atoms with Crippen LogP contribution >= 0.6 is 27.5 Å². The molecule has 0 aliphatic rings. The van der Waals surface area contributed by atoms with Gasteiger partial charge in [0.1, 0.15) is 5.82 Å². The first-order valence-corrected chi connectivity index (χ1v) is 4.94. The molecule has 1 aromatic carbocycles. The summed E-state index contributed by atoms with van der Waals surface area (Å²) in [7, 11) is 0. The van der Waals surface area contributed by atoms with Gasteiger partial charge in [-0.2, -0.15) is 0 Å². The lowest BCUT2D eigenvalue weighted by atomic mass is 10.1. The summed E-state index contributed by atoms with van der Waals surface area (Å²) in [6.07, 6.45) is 0. The molecule has 0 heterocycles. The molecule has 0 aliphatic heterocycles. The lowest BCUT2D eigenvalue weighted by Crippen LogP contribution is -2.04. The Labute approximate surface area is 89.0 Å². The fourth-order valence-corrected chi connectivity index (χ4v) is 1.42. The summed E-state index contributed by atoms with van der Waals surface area (Å²) in [5, 5.41) is 0. The fourth-order valence-electron chi connectivity index (χ4n) is 0.932. The predicted octanol–water partition coefficient (Wildman–Crippen LogP) is 3.32. The highest BCUT2D eigenvalue weighted by Crippen LogP contribution is 2.21. The van der Waals surface area contributed by atoms with Crippen LogP contribution in [0, 0.1) is 12.7 Å². The SMILES string of the molecule is Cc1cc(F)c(C(=O)CCl)cc1Br. The molecular weight excluding hydrogens is 258 g/mol. The summed E-state index contributed by atoms with van der Waals surface area (Å²) in [6.45, 7) is 1.75. The summed E-state index contributed by atoms with van der Waals surface area (Å²) >= 11 is 8.53. The van der Waals surface area contributed by atoms with Crippen LogP contribution in [0.2, 0.25) is 0 Å². The van der Waals surface area contributed by atoms with Crippen molar-refractivity contribution < 1.29 is 9.18 Å². The summed E-state index contributed by atoms with van der Waals surface area (Å²) in [4.78, 5) is 11.1. The third-order valence-corrected chi connectivity index (χ3v) is 2.77. The molecule has 0 atom stereocenters. The molecule has 13 heavy (non-hydrogen) atoms. The van der Waals surface area contributed by atoms with Crippen LogP contribution in [0.1, 0.15) is 15.9 Å². The minimum Gasteiger partial charge on any atom is -0.293 e. The van der Waals surface area contributed by atoms with E-state index in [1.54, 1.807) is 6.92 Å². The zero-order valence-electron chi connectivity index (χ0n) is 6.90. The van der Waals surface area contributed by atoms with Gasteiger partial charge in [0.25, 0.3) is 0 Å². The number of aryl methyl sites for hydroxylation is 1. The van der Waals surface area contributed by atoms with Crippen molar-refractivity contribution in [3.05, 3.63) is 33.5 Å². The van der Waals surface area contributed by atoms with E-state index >= 15 is 0 Å². The van der Waals surface area contributed by atoms with Gasteiger partial charge in [-0.1, -0.05) is 15.9 Å². The topological polar surface area (TPSA) is 17.1 Å². The Bertz CT molecular complexity index is 352. The molecule has 0 amide bonds. The van der Waals surface area contributed by atoms with Gasteiger partial charge < -0.3 is 0 Å². The number of benzene rings is 1. The van der Waals surface area contributed by atoms with Crippen LogP contribution in [-0.2, 0) is 0 Å². The van der Waals surface area contributed by atoms with Gasteiger partial charge in [0.2, 0.25) is 0 Å². The second-order valence-electron chi connectivity index (χ2n) is 2.64. The standard InChI is InChI=1S/C9H7BrClFO/c1-5-2-8(12)6(3-7(5)10)9(13)4-11/h2-3H,4H2,1H3. The van der Waals surface area contributed by atoms with Crippen molar-refractivity contribution in [1.82, 2.24) is 0 Å². The van der Waals surface area contributed by atoms with Crippen LogP contribution in [0.5, 0.6) is 0 Å². The van der Waals surface area contributed by atoms with E-state index < -0.39 is 11.6 Å². The van der Waals surface area contributed by atoms with Crippen molar-refractivity contribution in [3.63, 3.8) is 0 Å². The highest BCUT2D eigenvalue weighted by molar-refractivity contribution is 9.10. The molecule has 0 bridgehead atoms. The van der Waals surface area contributed by atoms with Crippen LogP contribution in [0.3, 0.4) is 0 Å². The molecule has 1 aromatic rings. The van der Waals surface area contributed by atoms with Gasteiger partial charge in [0, 0.05) is 4.47 Å². The van der Waals surface area contributed by atoms with Crippen molar-refractivity contribution in [2.45, 2.75) is 6.92 Å². The van der Waals surface area contributed by atoms with E-state index in [4.69, 9.17) is 11.6 Å². The fraction of sp³-hybridized carbons (Fsp3) is 0.222. The molecule has 1 nitrogen and oxygen atoms in total. The van der Waals surface area contributed by atoms with E-state index in [0.717, 1.165) is 5.56 Å². The van der Waals surface area contributed by atoms with Crippen molar-refractivity contribution >= 4 is 33.3 Å². The number of ketones is 1. The number of Topliss-reactive ketones (excluding diaryl/α,β-unsaturated/α-hetero) is 1. The number of carbonyl (C=O) groups is 1. The van der Waals surface area contributed by atoms with E-state index in [1.165, 1.54) is 12.1 Å². The van der Waals surface area contributed by atoms with Crippen molar-refractivity contribution in [1.29, 1.82) is 0 Å². The number of carbonyl (C=O) groups excluding carboxylic acids is 1. The molecule has 0 aliphatic carbocycles. The van der Waals surface area contributed by atoms with Gasteiger partial charge in [-0.05, 0) is 24.6 Å². The first-order valence-electron chi connectivity index (χ1n) is 3.61. The smallest absolute Gasteiger partial charge is 0.180 e. The Morgan fingerprint density at radius 1 is 1.62 bits per heavy atom. The van der Waals surface area contributed by atoms with Crippen LogP contribution in [0.4, 0.5) is 4.39 Å². The third kappa shape index (κ3) is 2.29. The van der Waals surface area contributed by atoms with E-state index in [2.05, 4.69) is 15.9 Å². The molecule has 1 rings (SSSR count). The van der Waals surface area contributed by atoms with Gasteiger partial charge in [-0.15, -0.1) is 11.6 Å². The Hall–Kier alpha value is -0.410. The van der Waals surface area contributed by atoms with Gasteiger partial charge in [-0.25, -0.2) is 4.39 Å². The lowest BCUT2D eigenvalue weighted by molar-refractivity contribution is 0.101. The number of hydrogen-bond donors (Lipinski definition) is 0. The molecule has 0 spiro atoms. The van der Waals surface area contributed by atoms with Crippen LogP contribution in [0.25, 0.3) is 0 Å². The normalized spacial score (nSPS) is 10.2. The average molecular weight is 266 g/mol. The number of alkyl halides is 1. The molecule has 0 aromatic heterocycles. The summed E-state index contributed by atoms with van der Waals surface area (Å²) in [5.41, 5.74) is 0.788. The van der Waals surface area contributed by atoms with E-state index in [1.807, 2.05) is 0 Å². The molecule has 0 N–H and O–H groups in total. The minimum atomic E-state index is -0.522. The quantitative estimate of drug-likeness (QED) is 0.592. The maximum atomic E-state index is 13.2. The maximum Gasteiger partial charge on any atom is 0.180 e. The molecular formula is C9H7BrClFO. The van der Waals surface area contributed by atoms with E-state index in [0.29, 0.717) is 4.47 Å². The Balaban J connectivity index is 3.23. The predicted molar refractivity (Wildman–Crippen MR) is 53.9 cm³/mol.